The van der Waals surface area contributed by atoms with Crippen molar-refractivity contribution >= 4 is 17.9 Å². The lowest BCUT2D eigenvalue weighted by Gasteiger charge is -2.18. The molecule has 0 rings (SSSR count). The third-order valence-corrected chi connectivity index (χ3v) is 12.7. The first kappa shape index (κ1) is 65.8. The van der Waals surface area contributed by atoms with Gasteiger partial charge >= 0.3 is 17.9 Å². The van der Waals surface area contributed by atoms with Gasteiger partial charge in [-0.15, -0.1) is 0 Å². The summed E-state index contributed by atoms with van der Waals surface area (Å²) in [4.78, 5) is 38.2. The number of hydrogen-bond acceptors (Lipinski definition) is 6. The van der Waals surface area contributed by atoms with E-state index in [0.29, 0.717) is 19.3 Å². The molecule has 0 radical (unpaired) electrons. The molecule has 0 aromatic heterocycles. The smallest absolute Gasteiger partial charge is 0.306 e. The van der Waals surface area contributed by atoms with Crippen LogP contribution in [0.3, 0.4) is 0 Å². The SMILES string of the molecule is CCCCC/C=C\C/C=C\C/C=C\C/C=C\CCCCCC(=O)OC[C@H](COC(=O)CCCCCCCCCCCCCCCCCCC)OC(=O)CCCCCCC/C=C\C/C=C\CCCCC. The molecular formula is C63H110O6. The molecule has 0 spiro atoms. The molecule has 69 heavy (non-hydrogen) atoms. The van der Waals surface area contributed by atoms with Gasteiger partial charge in [0.05, 0.1) is 0 Å². The Hall–Kier alpha value is -3.15. The maximum atomic E-state index is 12.9. The monoisotopic (exact) mass is 963 g/mol. The van der Waals surface area contributed by atoms with Crippen LogP contribution in [0.2, 0.25) is 0 Å². The quantitative estimate of drug-likeness (QED) is 0.0262. The number of carbonyl (C=O) groups is 3. The molecule has 0 aliphatic rings. The highest BCUT2D eigenvalue weighted by atomic mass is 16.6. The summed E-state index contributed by atoms with van der Waals surface area (Å²) in [6.45, 7) is 6.57. The molecule has 398 valence electrons. The number of allylic oxidation sites excluding steroid dienone is 12. The Kier molecular flexibility index (Phi) is 54.8. The predicted octanol–water partition coefficient (Wildman–Crippen LogP) is 19.8. The largest absolute Gasteiger partial charge is 0.462 e. The van der Waals surface area contributed by atoms with E-state index in [1.165, 1.54) is 141 Å². The van der Waals surface area contributed by atoms with Gasteiger partial charge in [0.25, 0.3) is 0 Å². The van der Waals surface area contributed by atoms with Gasteiger partial charge in [0.1, 0.15) is 13.2 Å². The first-order valence-electron chi connectivity index (χ1n) is 29.4. The fourth-order valence-electron chi connectivity index (χ4n) is 8.22. The lowest BCUT2D eigenvalue weighted by molar-refractivity contribution is -0.167. The Balaban J connectivity index is 4.43. The number of rotatable bonds is 53. The maximum Gasteiger partial charge on any atom is 0.306 e. The molecule has 0 aliphatic heterocycles. The Morgan fingerprint density at radius 1 is 0.290 bits per heavy atom. The zero-order valence-corrected chi connectivity index (χ0v) is 45.6. The second kappa shape index (κ2) is 57.4. The minimum atomic E-state index is -0.795. The highest BCUT2D eigenvalue weighted by molar-refractivity contribution is 5.71. The van der Waals surface area contributed by atoms with Crippen LogP contribution in [-0.4, -0.2) is 37.2 Å². The van der Waals surface area contributed by atoms with Crippen LogP contribution in [-0.2, 0) is 28.6 Å². The van der Waals surface area contributed by atoms with Crippen LogP contribution in [0.4, 0.5) is 0 Å². The summed E-state index contributed by atoms with van der Waals surface area (Å²) in [5, 5.41) is 0. The third kappa shape index (κ3) is 55.6. The Labute approximate surface area is 427 Å². The van der Waals surface area contributed by atoms with Crippen molar-refractivity contribution in [2.45, 2.75) is 297 Å². The summed E-state index contributed by atoms with van der Waals surface area (Å²) in [5.41, 5.74) is 0. The summed E-state index contributed by atoms with van der Waals surface area (Å²) in [6.07, 6.45) is 73.2. The molecule has 0 aliphatic carbocycles. The molecule has 0 bridgehead atoms. The number of hydrogen-bond donors (Lipinski definition) is 0. The van der Waals surface area contributed by atoms with E-state index in [4.69, 9.17) is 14.2 Å². The van der Waals surface area contributed by atoms with Crippen LogP contribution in [0.5, 0.6) is 0 Å². The van der Waals surface area contributed by atoms with Crippen molar-refractivity contribution in [1.29, 1.82) is 0 Å². The molecule has 0 aromatic carbocycles. The minimum Gasteiger partial charge on any atom is -0.462 e. The lowest BCUT2D eigenvalue weighted by Crippen LogP contribution is -2.30. The molecule has 0 heterocycles. The maximum absolute atomic E-state index is 12.9. The van der Waals surface area contributed by atoms with E-state index in [1.807, 2.05) is 0 Å². The molecule has 1 atom stereocenters. The first-order chi connectivity index (χ1) is 34.0. The topological polar surface area (TPSA) is 78.9 Å². The predicted molar refractivity (Wildman–Crippen MR) is 298 cm³/mol. The van der Waals surface area contributed by atoms with E-state index in [2.05, 4.69) is 93.7 Å². The van der Waals surface area contributed by atoms with Crippen LogP contribution in [0.25, 0.3) is 0 Å². The highest BCUT2D eigenvalue weighted by Crippen LogP contribution is 2.16. The van der Waals surface area contributed by atoms with E-state index < -0.39 is 6.10 Å². The second-order valence-electron chi connectivity index (χ2n) is 19.6. The number of carbonyl (C=O) groups excluding carboxylic acids is 3. The van der Waals surface area contributed by atoms with E-state index >= 15 is 0 Å². The normalized spacial score (nSPS) is 12.6. The Morgan fingerprint density at radius 2 is 0.522 bits per heavy atom. The molecule has 0 fully saturated rings. The molecule has 0 N–H and O–H groups in total. The third-order valence-electron chi connectivity index (χ3n) is 12.7. The van der Waals surface area contributed by atoms with Crippen molar-refractivity contribution in [2.75, 3.05) is 13.2 Å². The zero-order valence-electron chi connectivity index (χ0n) is 45.6. The first-order valence-corrected chi connectivity index (χ1v) is 29.4. The van der Waals surface area contributed by atoms with Crippen molar-refractivity contribution in [3.63, 3.8) is 0 Å². The van der Waals surface area contributed by atoms with Gasteiger partial charge in [-0.05, 0) is 96.3 Å². The van der Waals surface area contributed by atoms with Crippen LogP contribution in [0.1, 0.15) is 290 Å². The van der Waals surface area contributed by atoms with E-state index in [1.54, 1.807) is 0 Å². The average Bonchev–Trinajstić information content (AvgIpc) is 3.35. The molecule has 0 saturated heterocycles. The molecule has 6 nitrogen and oxygen atoms in total. The minimum absolute atomic E-state index is 0.0892. The Bertz CT molecular complexity index is 1290. The van der Waals surface area contributed by atoms with Gasteiger partial charge in [-0.2, -0.15) is 0 Å². The summed E-state index contributed by atoms with van der Waals surface area (Å²) >= 11 is 0. The molecular weight excluding hydrogens is 853 g/mol. The van der Waals surface area contributed by atoms with Crippen LogP contribution in [0.15, 0.2) is 72.9 Å². The van der Waals surface area contributed by atoms with Gasteiger partial charge in [-0.25, -0.2) is 0 Å². The Morgan fingerprint density at radius 3 is 0.855 bits per heavy atom. The standard InChI is InChI=1S/C63H110O6/c1-4-7-10-13-16-19-22-25-28-30-31-33-36-38-41-44-47-50-53-56-62(65)68-59-60(69-63(66)57-54-51-48-45-42-39-34-27-24-21-18-15-12-9-6-3)58-67-61(64)55-52-49-46-43-40-37-35-32-29-26-23-20-17-14-11-8-5-2/h16,18-19,21,25,27-28,31,33-34,38,41,60H,4-15,17,20,22-24,26,29-30,32,35-37,39-40,42-59H2,1-3H3/b19-16-,21-18-,28-25-,33-31-,34-27-,41-38-/t60-/m0/s1. The molecule has 0 aromatic rings. The number of esters is 3. The van der Waals surface area contributed by atoms with E-state index in [9.17, 15) is 14.4 Å². The van der Waals surface area contributed by atoms with E-state index in [-0.39, 0.29) is 31.1 Å². The summed E-state index contributed by atoms with van der Waals surface area (Å²) in [5.74, 6) is -0.925. The molecule has 0 unspecified atom stereocenters. The number of unbranched alkanes of at least 4 members (excludes halogenated alkanes) is 30. The fourth-order valence-corrected chi connectivity index (χ4v) is 8.22. The van der Waals surface area contributed by atoms with Gasteiger partial charge < -0.3 is 14.2 Å². The second-order valence-corrected chi connectivity index (χ2v) is 19.6. The highest BCUT2D eigenvalue weighted by Gasteiger charge is 2.19. The molecule has 0 amide bonds. The van der Waals surface area contributed by atoms with Crippen molar-refractivity contribution < 1.29 is 28.6 Å². The summed E-state index contributed by atoms with van der Waals surface area (Å²) in [6, 6.07) is 0. The van der Waals surface area contributed by atoms with Crippen molar-refractivity contribution in [2.24, 2.45) is 0 Å². The fraction of sp³-hybridized carbons (Fsp3) is 0.762. The van der Waals surface area contributed by atoms with Crippen molar-refractivity contribution in [3.8, 4) is 0 Å². The van der Waals surface area contributed by atoms with E-state index in [0.717, 1.165) is 109 Å². The molecule has 0 saturated carbocycles. The lowest BCUT2D eigenvalue weighted by atomic mass is 10.0. The van der Waals surface area contributed by atoms with Crippen molar-refractivity contribution in [3.05, 3.63) is 72.9 Å². The summed E-state index contributed by atoms with van der Waals surface area (Å²) < 4.78 is 16.9. The van der Waals surface area contributed by atoms with Crippen LogP contribution >= 0.6 is 0 Å². The van der Waals surface area contributed by atoms with Gasteiger partial charge in [0.2, 0.25) is 0 Å². The van der Waals surface area contributed by atoms with Gasteiger partial charge in [0.15, 0.2) is 6.10 Å². The van der Waals surface area contributed by atoms with Gasteiger partial charge in [-0.1, -0.05) is 248 Å². The summed E-state index contributed by atoms with van der Waals surface area (Å²) in [7, 11) is 0. The van der Waals surface area contributed by atoms with Gasteiger partial charge in [0, 0.05) is 19.3 Å². The molecule has 6 heteroatoms. The van der Waals surface area contributed by atoms with Crippen LogP contribution < -0.4 is 0 Å². The number of ether oxygens (including phenoxy) is 3. The van der Waals surface area contributed by atoms with Gasteiger partial charge in [-0.3, -0.25) is 14.4 Å². The zero-order chi connectivity index (χ0) is 50.0. The van der Waals surface area contributed by atoms with Crippen LogP contribution in [0, 0.1) is 0 Å². The average molecular weight is 964 g/mol. The van der Waals surface area contributed by atoms with Crippen molar-refractivity contribution in [1.82, 2.24) is 0 Å².